The lowest BCUT2D eigenvalue weighted by molar-refractivity contribution is -0.137. The first-order chi connectivity index (χ1) is 13.3. The summed E-state index contributed by atoms with van der Waals surface area (Å²) in [7, 11) is -4.31. The van der Waals surface area contributed by atoms with Crippen molar-refractivity contribution in [2.75, 3.05) is 26.3 Å². The maximum atomic E-state index is 12.2. The Kier molecular flexibility index (Phi) is 11.2. The number of carbonyl (C=O) groups excluding carboxylic acids is 2. The molecule has 178 valence electrons. The number of nitrogens with one attached hydrogen (secondary N) is 2. The fourth-order valence-electron chi connectivity index (χ4n) is 2.06. The van der Waals surface area contributed by atoms with Crippen LogP contribution in [0.4, 0.5) is 0 Å². The van der Waals surface area contributed by atoms with E-state index in [4.69, 9.17) is 9.05 Å². The van der Waals surface area contributed by atoms with E-state index in [9.17, 15) is 24.2 Å². The van der Waals surface area contributed by atoms with Gasteiger partial charge in [0.2, 0.25) is 11.8 Å². The highest BCUT2D eigenvalue weighted by atomic mass is 31.2. The van der Waals surface area contributed by atoms with Crippen molar-refractivity contribution in [3.05, 3.63) is 0 Å². The molecule has 0 aromatic heterocycles. The summed E-state index contributed by atoms with van der Waals surface area (Å²) in [5.74, 6) is -0.872. The summed E-state index contributed by atoms with van der Waals surface area (Å²) in [6, 6.07) is 0. The molecule has 0 rings (SSSR count). The standard InChI is InChI=1S/C20H41N2O7P/c1-18(2,3)10-12-21-15(23)9-11-22-17(25)16(24)20(7,8)14-29-30(26,27)28-13-19(4,5)6/h16,24H,9-14H2,1-8H3,(H,21,23)(H,22,25)(H,26,27). The number of phosphoric acid groups is 1. The molecule has 2 atom stereocenters. The van der Waals surface area contributed by atoms with Gasteiger partial charge in [-0.1, -0.05) is 55.4 Å². The molecule has 0 bridgehead atoms. The first-order valence-electron chi connectivity index (χ1n) is 10.2. The number of amides is 2. The highest BCUT2D eigenvalue weighted by molar-refractivity contribution is 7.47. The third-order valence-electron chi connectivity index (χ3n) is 4.10. The van der Waals surface area contributed by atoms with Crippen LogP contribution in [0.15, 0.2) is 0 Å². The molecule has 2 amide bonds. The van der Waals surface area contributed by atoms with E-state index >= 15 is 0 Å². The molecule has 0 radical (unpaired) electrons. The predicted molar refractivity (Wildman–Crippen MR) is 116 cm³/mol. The van der Waals surface area contributed by atoms with Gasteiger partial charge in [0.15, 0.2) is 0 Å². The quantitative estimate of drug-likeness (QED) is 0.334. The monoisotopic (exact) mass is 452 g/mol. The van der Waals surface area contributed by atoms with E-state index in [1.807, 2.05) is 20.8 Å². The minimum atomic E-state index is -4.31. The molecule has 0 aliphatic heterocycles. The number of aliphatic hydroxyl groups excluding tert-OH is 1. The van der Waals surface area contributed by atoms with E-state index in [1.165, 1.54) is 13.8 Å². The second-order valence-corrected chi connectivity index (χ2v) is 12.1. The molecule has 2 unspecified atom stereocenters. The number of rotatable bonds is 12. The van der Waals surface area contributed by atoms with Crippen molar-refractivity contribution >= 4 is 19.6 Å². The summed E-state index contributed by atoms with van der Waals surface area (Å²) in [6.45, 7) is 15.1. The molecule has 0 spiro atoms. The summed E-state index contributed by atoms with van der Waals surface area (Å²) >= 11 is 0. The Hall–Kier alpha value is -0.990. The van der Waals surface area contributed by atoms with E-state index in [1.54, 1.807) is 0 Å². The lowest BCUT2D eigenvalue weighted by atomic mass is 9.87. The van der Waals surface area contributed by atoms with Crippen molar-refractivity contribution in [1.82, 2.24) is 10.6 Å². The molecule has 9 nitrogen and oxygen atoms in total. The number of hydrogen-bond acceptors (Lipinski definition) is 6. The molecule has 0 saturated heterocycles. The van der Waals surface area contributed by atoms with Crippen molar-refractivity contribution in [2.24, 2.45) is 16.2 Å². The summed E-state index contributed by atoms with van der Waals surface area (Å²) in [5.41, 5.74) is -1.35. The zero-order valence-electron chi connectivity index (χ0n) is 19.7. The van der Waals surface area contributed by atoms with Crippen molar-refractivity contribution in [3.8, 4) is 0 Å². The van der Waals surface area contributed by atoms with Crippen molar-refractivity contribution in [1.29, 1.82) is 0 Å². The molecule has 0 heterocycles. The first kappa shape index (κ1) is 29.0. The average Bonchev–Trinajstić information content (AvgIpc) is 2.56. The molecule has 0 aromatic carbocycles. The Morgan fingerprint density at radius 3 is 1.93 bits per heavy atom. The van der Waals surface area contributed by atoms with Crippen LogP contribution >= 0.6 is 7.82 Å². The van der Waals surface area contributed by atoms with Crippen LogP contribution in [0.25, 0.3) is 0 Å². The van der Waals surface area contributed by atoms with Crippen molar-refractivity contribution in [2.45, 2.75) is 74.3 Å². The second kappa shape index (κ2) is 11.6. The number of aliphatic hydroxyl groups is 1. The van der Waals surface area contributed by atoms with Crippen LogP contribution in [0.1, 0.15) is 68.2 Å². The van der Waals surface area contributed by atoms with Gasteiger partial charge in [0.05, 0.1) is 13.2 Å². The third-order valence-corrected chi connectivity index (χ3v) is 5.01. The normalized spacial score (nSPS) is 15.9. The van der Waals surface area contributed by atoms with Gasteiger partial charge in [-0.25, -0.2) is 4.57 Å². The Morgan fingerprint density at radius 2 is 1.43 bits per heavy atom. The van der Waals surface area contributed by atoms with Crippen LogP contribution in [0.2, 0.25) is 0 Å². The number of hydrogen-bond donors (Lipinski definition) is 4. The molecule has 0 aromatic rings. The average molecular weight is 453 g/mol. The highest BCUT2D eigenvalue weighted by Gasteiger charge is 2.37. The van der Waals surface area contributed by atoms with Crippen LogP contribution in [0.3, 0.4) is 0 Å². The summed E-state index contributed by atoms with van der Waals surface area (Å²) in [5, 5.41) is 15.6. The largest absolute Gasteiger partial charge is 0.472 e. The first-order valence-corrected chi connectivity index (χ1v) is 11.7. The van der Waals surface area contributed by atoms with Gasteiger partial charge in [0, 0.05) is 24.9 Å². The van der Waals surface area contributed by atoms with Crippen molar-refractivity contribution < 1.29 is 33.2 Å². The Morgan fingerprint density at radius 1 is 0.900 bits per heavy atom. The van der Waals surface area contributed by atoms with Gasteiger partial charge in [-0.15, -0.1) is 0 Å². The van der Waals surface area contributed by atoms with Gasteiger partial charge in [-0.05, 0) is 17.3 Å². The van der Waals surface area contributed by atoms with Gasteiger partial charge in [0.1, 0.15) is 6.10 Å². The molecular formula is C20H41N2O7P. The van der Waals surface area contributed by atoms with Gasteiger partial charge in [0.25, 0.3) is 0 Å². The topological polar surface area (TPSA) is 134 Å². The van der Waals surface area contributed by atoms with Gasteiger partial charge in [-0.3, -0.25) is 18.6 Å². The van der Waals surface area contributed by atoms with Gasteiger partial charge < -0.3 is 20.6 Å². The van der Waals surface area contributed by atoms with Gasteiger partial charge >= 0.3 is 7.82 Å². The SMILES string of the molecule is CC(C)(C)CCNC(=O)CCNC(=O)C(O)C(C)(C)COP(=O)(O)OCC(C)(C)C. The lowest BCUT2D eigenvalue weighted by Gasteiger charge is -2.30. The van der Waals surface area contributed by atoms with E-state index in [2.05, 4.69) is 31.4 Å². The molecular weight excluding hydrogens is 411 g/mol. The molecule has 30 heavy (non-hydrogen) atoms. The molecule has 0 fully saturated rings. The smallest absolute Gasteiger partial charge is 0.383 e. The Balaban J connectivity index is 4.40. The zero-order chi connectivity index (χ0) is 23.8. The predicted octanol–water partition coefficient (Wildman–Crippen LogP) is 2.61. The van der Waals surface area contributed by atoms with Gasteiger partial charge in [-0.2, -0.15) is 0 Å². The van der Waals surface area contributed by atoms with Crippen LogP contribution in [0, 0.1) is 16.2 Å². The fraction of sp³-hybridized carbons (Fsp3) is 0.900. The van der Waals surface area contributed by atoms with Crippen LogP contribution in [0.5, 0.6) is 0 Å². The van der Waals surface area contributed by atoms with Crippen LogP contribution in [-0.4, -0.2) is 54.2 Å². The minimum Gasteiger partial charge on any atom is -0.383 e. The van der Waals surface area contributed by atoms with E-state index in [-0.39, 0.29) is 42.9 Å². The van der Waals surface area contributed by atoms with E-state index in [0.29, 0.717) is 6.54 Å². The highest BCUT2D eigenvalue weighted by Crippen LogP contribution is 2.46. The van der Waals surface area contributed by atoms with Crippen LogP contribution in [-0.2, 0) is 23.2 Å². The molecule has 4 N–H and O–H groups in total. The summed E-state index contributed by atoms with van der Waals surface area (Å²) in [6.07, 6.45) is -0.567. The molecule has 0 aliphatic rings. The van der Waals surface area contributed by atoms with Crippen LogP contribution < -0.4 is 10.6 Å². The lowest BCUT2D eigenvalue weighted by Crippen LogP contribution is -2.46. The summed E-state index contributed by atoms with van der Waals surface area (Å²) in [4.78, 5) is 33.8. The summed E-state index contributed by atoms with van der Waals surface area (Å²) < 4.78 is 21.9. The minimum absolute atomic E-state index is 0.0159. The molecule has 0 saturated carbocycles. The van der Waals surface area contributed by atoms with E-state index in [0.717, 1.165) is 6.42 Å². The zero-order valence-corrected chi connectivity index (χ0v) is 20.6. The molecule has 0 aliphatic carbocycles. The second-order valence-electron chi connectivity index (χ2n) is 10.7. The van der Waals surface area contributed by atoms with E-state index < -0.39 is 25.2 Å². The maximum Gasteiger partial charge on any atom is 0.472 e. The molecule has 10 heteroatoms. The van der Waals surface area contributed by atoms with Crippen molar-refractivity contribution in [3.63, 3.8) is 0 Å². The Bertz CT molecular complexity index is 609. The number of phosphoric ester groups is 1. The third kappa shape index (κ3) is 14.1. The Labute approximate surface area is 180 Å². The number of carbonyl (C=O) groups is 2. The maximum absolute atomic E-state index is 12.2. The fourth-order valence-corrected chi connectivity index (χ4v) is 3.18.